The Bertz CT molecular complexity index is 863. The smallest absolute Gasteiger partial charge is 0.352 e. The zero-order valence-corrected chi connectivity index (χ0v) is 15.7. The molecule has 3 rings (SSSR count). The molecule has 0 aliphatic carbocycles. The first-order valence-corrected chi connectivity index (χ1v) is 9.70. The number of carbonyl (C=O) groups is 2. The molecule has 1 amide bonds. The number of carbonyl (C=O) groups excluding carboxylic acids is 2. The Morgan fingerprint density at radius 3 is 2.69 bits per heavy atom. The fourth-order valence-electron chi connectivity index (χ4n) is 2.41. The van der Waals surface area contributed by atoms with E-state index < -0.39 is 5.97 Å². The monoisotopic (exact) mass is 387 g/mol. The van der Waals surface area contributed by atoms with E-state index in [-0.39, 0.29) is 18.6 Å². The third-order valence-electron chi connectivity index (χ3n) is 3.68. The van der Waals surface area contributed by atoms with E-state index in [1.807, 2.05) is 54.8 Å². The van der Waals surface area contributed by atoms with Crippen molar-refractivity contribution in [2.75, 3.05) is 6.61 Å². The van der Waals surface area contributed by atoms with Crippen molar-refractivity contribution in [2.24, 2.45) is 0 Å². The summed E-state index contributed by atoms with van der Waals surface area (Å²) in [5, 5.41) is 8.76. The summed E-state index contributed by atoms with van der Waals surface area (Å²) in [4.78, 5) is 25.8. The van der Waals surface area contributed by atoms with Crippen LogP contribution in [0, 0.1) is 0 Å². The first-order valence-electron chi connectivity index (χ1n) is 8.05. The second kappa shape index (κ2) is 8.68. The minimum atomic E-state index is -0.570. The summed E-state index contributed by atoms with van der Waals surface area (Å²) in [6.07, 6.45) is 0.585. The molecule has 2 aromatic heterocycles. The van der Waals surface area contributed by atoms with Gasteiger partial charge in [0.1, 0.15) is 0 Å². The number of aryl methyl sites for hydroxylation is 1. The van der Waals surface area contributed by atoms with Crippen molar-refractivity contribution in [1.29, 1.82) is 0 Å². The van der Waals surface area contributed by atoms with Crippen LogP contribution in [-0.4, -0.2) is 28.1 Å². The number of ether oxygens (including phenoxy) is 1. The first kappa shape index (κ1) is 18.2. The summed E-state index contributed by atoms with van der Waals surface area (Å²) in [5.41, 5.74) is 1.55. The van der Waals surface area contributed by atoms with Crippen molar-refractivity contribution in [2.45, 2.75) is 19.4 Å². The fourth-order valence-corrected chi connectivity index (χ4v) is 3.86. The van der Waals surface area contributed by atoms with E-state index in [1.165, 1.54) is 0 Å². The van der Waals surface area contributed by atoms with Crippen molar-refractivity contribution in [3.8, 4) is 0 Å². The van der Waals surface area contributed by atoms with Crippen molar-refractivity contribution >= 4 is 34.7 Å². The van der Waals surface area contributed by atoms with Crippen LogP contribution >= 0.6 is 22.9 Å². The lowest BCUT2D eigenvalue weighted by Gasteiger charge is -2.18. The summed E-state index contributed by atoms with van der Waals surface area (Å²) >= 11 is 2.53. The normalized spacial score (nSPS) is 11.7. The summed E-state index contributed by atoms with van der Waals surface area (Å²) in [7, 11) is 0. The Hall–Kier alpha value is -2.58. The molecule has 0 saturated heterocycles. The van der Waals surface area contributed by atoms with Gasteiger partial charge >= 0.3 is 5.97 Å². The molecule has 0 radical (unpaired) electrons. The molecule has 1 N–H and O–H groups in total. The largest absolute Gasteiger partial charge is 0.451 e. The van der Waals surface area contributed by atoms with Crippen LogP contribution < -0.4 is 5.32 Å². The maximum atomic E-state index is 12.3. The van der Waals surface area contributed by atoms with Crippen LogP contribution in [0.2, 0.25) is 0 Å². The van der Waals surface area contributed by atoms with Crippen LogP contribution in [-0.2, 0) is 16.0 Å². The van der Waals surface area contributed by atoms with E-state index in [1.54, 1.807) is 11.3 Å². The molecule has 0 spiro atoms. The van der Waals surface area contributed by atoms with Gasteiger partial charge in [0.25, 0.3) is 5.91 Å². The number of nitrogens with one attached hydrogen (secondary N) is 1. The van der Waals surface area contributed by atoms with Gasteiger partial charge in [0, 0.05) is 4.88 Å². The average Bonchev–Trinajstić information content (AvgIpc) is 3.36. The van der Waals surface area contributed by atoms with Crippen LogP contribution in [0.4, 0.5) is 0 Å². The van der Waals surface area contributed by atoms with Crippen LogP contribution in [0.3, 0.4) is 0 Å². The molecular weight excluding hydrogens is 370 g/mol. The molecule has 134 valence electrons. The quantitative estimate of drug-likeness (QED) is 0.630. The van der Waals surface area contributed by atoms with Crippen LogP contribution in [0.1, 0.15) is 38.8 Å². The maximum absolute atomic E-state index is 12.3. The third-order valence-corrected chi connectivity index (χ3v) is 5.36. The number of aromatic nitrogens is 2. The Morgan fingerprint density at radius 2 is 2.00 bits per heavy atom. The molecule has 6 nitrogen and oxygen atoms in total. The van der Waals surface area contributed by atoms with Crippen molar-refractivity contribution in [3.63, 3.8) is 0 Å². The lowest BCUT2D eigenvalue weighted by atomic mass is 10.1. The fraction of sp³-hybridized carbons (Fsp3) is 0.222. The van der Waals surface area contributed by atoms with Gasteiger partial charge in [-0.1, -0.05) is 47.8 Å². The average molecular weight is 387 g/mol. The highest BCUT2D eigenvalue weighted by atomic mass is 32.1. The van der Waals surface area contributed by atoms with Gasteiger partial charge in [-0.15, -0.1) is 16.4 Å². The van der Waals surface area contributed by atoms with E-state index in [0.29, 0.717) is 17.0 Å². The Balaban J connectivity index is 1.64. The molecule has 8 heteroatoms. The molecule has 3 aromatic rings. The summed E-state index contributed by atoms with van der Waals surface area (Å²) < 4.78 is 8.88. The molecule has 1 aromatic carbocycles. The molecule has 0 fully saturated rings. The molecule has 0 bridgehead atoms. The number of rotatable bonds is 7. The molecule has 1 atom stereocenters. The Kier molecular flexibility index (Phi) is 6.08. The van der Waals surface area contributed by atoms with Crippen molar-refractivity contribution in [3.05, 3.63) is 68.9 Å². The molecule has 26 heavy (non-hydrogen) atoms. The number of hydrogen-bond acceptors (Lipinski definition) is 7. The lowest BCUT2D eigenvalue weighted by Crippen LogP contribution is -2.32. The molecule has 0 aliphatic heterocycles. The standard InChI is InChI=1S/C18H17N3O3S2/c1-2-13-17(26-21-20-13)18(23)24-11-15(22)19-16(14-9-6-10-25-14)12-7-4-3-5-8-12/h3-10,16H,2,11H2,1H3,(H,19,22)/t16-/m1/s1. The predicted octanol–water partition coefficient (Wildman–Crippen LogP) is 3.22. The zero-order chi connectivity index (χ0) is 18.4. The topological polar surface area (TPSA) is 81.2 Å². The highest BCUT2D eigenvalue weighted by Crippen LogP contribution is 2.25. The first-order chi connectivity index (χ1) is 12.7. The molecular formula is C18H17N3O3S2. The zero-order valence-electron chi connectivity index (χ0n) is 14.0. The molecule has 0 unspecified atom stereocenters. The summed E-state index contributed by atoms with van der Waals surface area (Å²) in [6, 6.07) is 13.3. The van der Waals surface area contributed by atoms with Gasteiger partial charge in [-0.2, -0.15) is 0 Å². The Morgan fingerprint density at radius 1 is 1.19 bits per heavy atom. The number of nitrogens with zero attached hydrogens (tertiary/aromatic N) is 2. The van der Waals surface area contributed by atoms with Crippen LogP contribution in [0.15, 0.2) is 47.8 Å². The van der Waals surface area contributed by atoms with Gasteiger partial charge in [-0.3, -0.25) is 4.79 Å². The lowest BCUT2D eigenvalue weighted by molar-refractivity contribution is -0.124. The van der Waals surface area contributed by atoms with Crippen molar-refractivity contribution in [1.82, 2.24) is 14.9 Å². The van der Waals surface area contributed by atoms with Gasteiger partial charge in [-0.05, 0) is 35.0 Å². The highest BCUT2D eigenvalue weighted by molar-refractivity contribution is 7.10. The van der Waals surface area contributed by atoms with Gasteiger partial charge in [0.05, 0.1) is 11.7 Å². The summed E-state index contributed by atoms with van der Waals surface area (Å²) in [5.74, 6) is -0.935. The molecule has 2 heterocycles. The predicted molar refractivity (Wildman–Crippen MR) is 100 cm³/mol. The maximum Gasteiger partial charge on any atom is 0.352 e. The number of amides is 1. The van der Waals surface area contributed by atoms with Gasteiger partial charge in [-0.25, -0.2) is 4.79 Å². The van der Waals surface area contributed by atoms with E-state index >= 15 is 0 Å². The second-order valence-electron chi connectivity index (χ2n) is 5.41. The number of hydrogen-bond donors (Lipinski definition) is 1. The van der Waals surface area contributed by atoms with E-state index in [2.05, 4.69) is 14.9 Å². The molecule has 0 aliphatic rings. The van der Waals surface area contributed by atoms with E-state index in [9.17, 15) is 9.59 Å². The van der Waals surface area contributed by atoms with Gasteiger partial charge < -0.3 is 10.1 Å². The highest BCUT2D eigenvalue weighted by Gasteiger charge is 2.21. The van der Waals surface area contributed by atoms with E-state index in [4.69, 9.17) is 4.74 Å². The Labute approximate surface area is 159 Å². The number of thiophene rings is 1. The van der Waals surface area contributed by atoms with Gasteiger partial charge in [0.2, 0.25) is 0 Å². The van der Waals surface area contributed by atoms with Crippen LogP contribution in [0.25, 0.3) is 0 Å². The van der Waals surface area contributed by atoms with Crippen LogP contribution in [0.5, 0.6) is 0 Å². The minimum absolute atomic E-state index is 0.279. The second-order valence-corrected chi connectivity index (χ2v) is 7.14. The van der Waals surface area contributed by atoms with E-state index in [0.717, 1.165) is 22.0 Å². The minimum Gasteiger partial charge on any atom is -0.451 e. The van der Waals surface area contributed by atoms with Gasteiger partial charge in [0.15, 0.2) is 11.5 Å². The third kappa shape index (κ3) is 4.33. The number of benzene rings is 1. The van der Waals surface area contributed by atoms with Crippen molar-refractivity contribution < 1.29 is 14.3 Å². The molecule has 0 saturated carbocycles. The number of esters is 1. The summed E-state index contributed by atoms with van der Waals surface area (Å²) in [6.45, 7) is 1.53. The SMILES string of the molecule is CCc1nnsc1C(=O)OCC(=O)N[C@H](c1ccccc1)c1cccs1.